The Morgan fingerprint density at radius 3 is 1.12 bits per heavy atom. The minimum atomic E-state index is -5.51. The smallest absolute Gasteiger partial charge is 0.166 e. The summed E-state index contributed by atoms with van der Waals surface area (Å²) >= 11 is 0. The van der Waals surface area contributed by atoms with Crippen molar-refractivity contribution in [1.29, 1.82) is 0 Å². The molecule has 0 spiro atoms. The average Bonchev–Trinajstić information content (AvgIpc) is 2.56. The van der Waals surface area contributed by atoms with Crippen molar-refractivity contribution in [3.63, 3.8) is 0 Å². The van der Waals surface area contributed by atoms with Crippen LogP contribution in [0, 0.1) is 12.3 Å². The van der Waals surface area contributed by atoms with Gasteiger partial charge in [0, 0.05) is 5.56 Å². The molecule has 12 heteroatoms. The van der Waals surface area contributed by atoms with Crippen LogP contribution >= 0.6 is 0 Å². The van der Waals surface area contributed by atoms with Crippen LogP contribution in [0.2, 0.25) is 0 Å². The number of halogens is 12. The molecule has 0 aliphatic carbocycles. The maximum atomic E-state index is 13.9. The largest absolute Gasteiger partial charge is 0.417 e. The quantitative estimate of drug-likeness (QED) is 0.353. The molecule has 190 valence electrons. The molecule has 2 aromatic rings. The highest BCUT2D eigenvalue weighted by atomic mass is 19.4. The lowest BCUT2D eigenvalue weighted by Crippen LogP contribution is -2.19. The Kier molecular flexibility index (Phi) is 6.85. The number of rotatable bonds is 2. The van der Waals surface area contributed by atoms with E-state index in [1.807, 2.05) is 0 Å². The molecule has 0 N–H and O–H groups in total. The third-order valence-electron chi connectivity index (χ3n) is 4.85. The van der Waals surface area contributed by atoms with Crippen molar-refractivity contribution in [2.24, 2.45) is 5.41 Å². The molecule has 2 rings (SSSR count). The molecule has 0 atom stereocenters. The van der Waals surface area contributed by atoms with E-state index in [1.54, 1.807) is 0 Å². The van der Waals surface area contributed by atoms with Gasteiger partial charge in [0.1, 0.15) is 0 Å². The van der Waals surface area contributed by atoms with Gasteiger partial charge in [0.15, 0.2) is 0 Å². The fraction of sp³-hybridized carbons (Fsp3) is 0.455. The Labute approximate surface area is 186 Å². The molecule has 0 unspecified atom stereocenters. The van der Waals surface area contributed by atoms with Gasteiger partial charge in [-0.3, -0.25) is 0 Å². The molecule has 0 amide bonds. The monoisotopic (exact) mass is 510 g/mol. The fourth-order valence-corrected chi connectivity index (χ4v) is 3.62. The molecule has 2 aromatic carbocycles. The second kappa shape index (κ2) is 8.37. The Balaban J connectivity index is 3.11. The average molecular weight is 510 g/mol. The van der Waals surface area contributed by atoms with Gasteiger partial charge in [-0.25, -0.2) is 0 Å². The molecular formula is C22H18F12. The molecule has 0 saturated heterocycles. The van der Waals surface area contributed by atoms with Gasteiger partial charge in [0.2, 0.25) is 0 Å². The molecule has 0 aliphatic heterocycles. The summed E-state index contributed by atoms with van der Waals surface area (Å²) < 4.78 is 164. The first-order valence-corrected chi connectivity index (χ1v) is 9.53. The summed E-state index contributed by atoms with van der Waals surface area (Å²) in [4.78, 5) is 0. The lowest BCUT2D eigenvalue weighted by Gasteiger charge is -2.25. The number of benzene rings is 2. The van der Waals surface area contributed by atoms with E-state index in [0.717, 1.165) is 0 Å². The highest BCUT2D eigenvalue weighted by Crippen LogP contribution is 2.49. The first-order chi connectivity index (χ1) is 14.9. The molecule has 34 heavy (non-hydrogen) atoms. The van der Waals surface area contributed by atoms with Gasteiger partial charge in [-0.1, -0.05) is 20.8 Å². The van der Waals surface area contributed by atoms with Gasteiger partial charge in [-0.15, -0.1) is 0 Å². The Morgan fingerprint density at radius 2 is 0.853 bits per heavy atom. The third-order valence-corrected chi connectivity index (χ3v) is 4.85. The van der Waals surface area contributed by atoms with Crippen LogP contribution < -0.4 is 0 Å². The lowest BCUT2D eigenvalue weighted by atomic mass is 9.83. The number of alkyl halides is 12. The van der Waals surface area contributed by atoms with Crippen molar-refractivity contribution >= 4 is 0 Å². The molecule has 0 fully saturated rings. The van der Waals surface area contributed by atoms with Crippen molar-refractivity contribution in [3.05, 3.63) is 57.6 Å². The highest BCUT2D eigenvalue weighted by molar-refractivity contribution is 5.75. The van der Waals surface area contributed by atoms with Crippen LogP contribution in [0.5, 0.6) is 0 Å². The minimum absolute atomic E-state index is 0.117. The Bertz CT molecular complexity index is 988. The van der Waals surface area contributed by atoms with Crippen molar-refractivity contribution in [1.82, 2.24) is 0 Å². The van der Waals surface area contributed by atoms with E-state index in [0.29, 0.717) is 19.1 Å². The van der Waals surface area contributed by atoms with E-state index in [1.165, 1.54) is 20.8 Å². The predicted molar refractivity (Wildman–Crippen MR) is 99.8 cm³/mol. The summed E-state index contributed by atoms with van der Waals surface area (Å²) in [5.74, 6) is 0. The first-order valence-electron chi connectivity index (χ1n) is 9.53. The highest BCUT2D eigenvalue weighted by Gasteiger charge is 2.45. The van der Waals surface area contributed by atoms with Crippen molar-refractivity contribution in [2.45, 2.75) is 58.8 Å². The van der Waals surface area contributed by atoms with Crippen LogP contribution in [0.25, 0.3) is 11.1 Å². The molecular weight excluding hydrogens is 492 g/mol. The van der Waals surface area contributed by atoms with Gasteiger partial charge in [0.25, 0.3) is 0 Å². The SMILES string of the molecule is Cc1c(C(F)(F)F)cc(-c2c(C(F)(F)F)cc(CC(C)(C)C)cc2C(F)(F)F)cc1C(F)(F)F. The fourth-order valence-electron chi connectivity index (χ4n) is 3.62. The zero-order valence-corrected chi connectivity index (χ0v) is 18.1. The zero-order chi connectivity index (χ0) is 26.7. The van der Waals surface area contributed by atoms with Crippen LogP contribution in [-0.4, -0.2) is 0 Å². The van der Waals surface area contributed by atoms with Crippen molar-refractivity contribution in [2.75, 3.05) is 0 Å². The lowest BCUT2D eigenvalue weighted by molar-refractivity contribution is -0.144. The maximum absolute atomic E-state index is 13.9. The van der Waals surface area contributed by atoms with E-state index in [2.05, 4.69) is 0 Å². The molecule has 0 radical (unpaired) electrons. The van der Waals surface area contributed by atoms with E-state index < -0.39 is 74.6 Å². The Hall–Kier alpha value is -2.40. The summed E-state index contributed by atoms with van der Waals surface area (Å²) in [6.07, 6.45) is -22.2. The van der Waals surface area contributed by atoms with Crippen LogP contribution in [-0.2, 0) is 31.1 Å². The maximum Gasteiger partial charge on any atom is 0.417 e. The molecule has 0 bridgehead atoms. The predicted octanol–water partition coefficient (Wildman–Crippen LogP) is 9.33. The van der Waals surface area contributed by atoms with Gasteiger partial charge >= 0.3 is 24.7 Å². The van der Waals surface area contributed by atoms with Crippen LogP contribution in [0.4, 0.5) is 52.7 Å². The van der Waals surface area contributed by atoms with Gasteiger partial charge in [0.05, 0.1) is 22.3 Å². The van der Waals surface area contributed by atoms with E-state index in [4.69, 9.17) is 0 Å². The minimum Gasteiger partial charge on any atom is -0.166 e. The van der Waals surface area contributed by atoms with E-state index in [-0.39, 0.29) is 18.6 Å². The van der Waals surface area contributed by atoms with E-state index in [9.17, 15) is 52.7 Å². The van der Waals surface area contributed by atoms with Crippen LogP contribution in [0.3, 0.4) is 0 Å². The first kappa shape index (κ1) is 27.8. The second-order valence-corrected chi connectivity index (χ2v) is 8.99. The molecule has 0 aliphatic rings. The zero-order valence-electron chi connectivity index (χ0n) is 18.1. The van der Waals surface area contributed by atoms with Crippen LogP contribution in [0.15, 0.2) is 24.3 Å². The topological polar surface area (TPSA) is 0 Å². The van der Waals surface area contributed by atoms with Gasteiger partial charge < -0.3 is 0 Å². The summed E-state index contributed by atoms with van der Waals surface area (Å²) in [5, 5.41) is 0. The molecule has 0 heterocycles. The Morgan fingerprint density at radius 1 is 0.529 bits per heavy atom. The van der Waals surface area contributed by atoms with E-state index >= 15 is 0 Å². The molecule has 0 aromatic heterocycles. The third kappa shape index (κ3) is 6.18. The standard InChI is InChI=1S/C22H18F12/c1-10-13(19(23,24)25)7-12(8-14(10)20(26,27)28)17-15(21(29,30)31)5-11(9-18(2,3)4)6-16(17)22(32,33)34/h5-8H,9H2,1-4H3. The summed E-state index contributed by atoms with van der Waals surface area (Å²) in [5.41, 5.74) is -13.8. The summed E-state index contributed by atoms with van der Waals surface area (Å²) in [6, 6.07) is 0.425. The number of hydrogen-bond donors (Lipinski definition) is 0. The van der Waals surface area contributed by atoms with Gasteiger partial charge in [-0.05, 0) is 59.7 Å². The van der Waals surface area contributed by atoms with Crippen LogP contribution in [0.1, 0.15) is 54.2 Å². The van der Waals surface area contributed by atoms with Gasteiger partial charge in [-0.2, -0.15) is 52.7 Å². The van der Waals surface area contributed by atoms with Crippen molar-refractivity contribution < 1.29 is 52.7 Å². The summed E-state index contributed by atoms with van der Waals surface area (Å²) in [6.45, 7) is 5.04. The number of hydrogen-bond acceptors (Lipinski definition) is 0. The summed E-state index contributed by atoms with van der Waals surface area (Å²) in [7, 11) is 0. The normalized spacial score (nSPS) is 14.0. The molecule has 0 saturated carbocycles. The second-order valence-electron chi connectivity index (χ2n) is 8.99. The molecule has 0 nitrogen and oxygen atoms in total. The van der Waals surface area contributed by atoms with Crippen molar-refractivity contribution in [3.8, 4) is 11.1 Å².